The number of hydrogen-bond acceptors (Lipinski definition) is 18. The van der Waals surface area contributed by atoms with Gasteiger partial charge in [0, 0.05) is 147 Å². The van der Waals surface area contributed by atoms with Crippen LogP contribution in [0, 0.1) is 17.1 Å². The number of carbonyl (C=O) groups is 5. The van der Waals surface area contributed by atoms with Gasteiger partial charge in [0.25, 0.3) is 5.91 Å². The van der Waals surface area contributed by atoms with E-state index < -0.39 is 23.4 Å². The molecule has 0 saturated carbocycles. The van der Waals surface area contributed by atoms with Crippen molar-refractivity contribution in [2.75, 3.05) is 85.0 Å². The second-order valence-corrected chi connectivity index (χ2v) is 25.2. The summed E-state index contributed by atoms with van der Waals surface area (Å²) in [5.41, 5.74) is 4.32. The highest BCUT2D eigenvalue weighted by atomic mass is 35.5. The number of aromatic nitrogens is 9. The third-order valence-corrected chi connectivity index (χ3v) is 16.8. The van der Waals surface area contributed by atoms with Crippen LogP contribution in [-0.2, 0) is 45.3 Å². The molecule has 99 heavy (non-hydrogen) atoms. The van der Waals surface area contributed by atoms with E-state index in [0.717, 1.165) is 119 Å². The van der Waals surface area contributed by atoms with Gasteiger partial charge < -0.3 is 40.2 Å². The third-order valence-electron chi connectivity index (χ3n) is 16.5. The van der Waals surface area contributed by atoms with Crippen molar-refractivity contribution in [3.63, 3.8) is 0 Å². The number of nitrogens with one attached hydrogen (secondary N) is 3. The molecule has 4 amide bonds. The predicted molar refractivity (Wildman–Crippen MR) is 374 cm³/mol. The smallest absolute Gasteiger partial charge is 0.417 e. The van der Waals surface area contributed by atoms with Crippen LogP contribution in [0.3, 0.4) is 0 Å². The van der Waals surface area contributed by atoms with Crippen LogP contribution < -0.4 is 30.2 Å². The molecule has 0 bridgehead atoms. The van der Waals surface area contributed by atoms with Gasteiger partial charge in [-0.05, 0) is 55.7 Å². The highest BCUT2D eigenvalue weighted by Crippen LogP contribution is 2.35. The van der Waals surface area contributed by atoms with Gasteiger partial charge in [0.2, 0.25) is 11.8 Å². The minimum Gasteiger partial charge on any atom is -0.443 e. The highest BCUT2D eigenvalue weighted by Gasteiger charge is 2.38. The summed E-state index contributed by atoms with van der Waals surface area (Å²) >= 11 is 6.23. The van der Waals surface area contributed by atoms with Crippen molar-refractivity contribution >= 4 is 70.2 Å². The normalized spacial score (nSPS) is 15.4. The van der Waals surface area contributed by atoms with Crippen LogP contribution in [0.1, 0.15) is 97.6 Å². The van der Waals surface area contributed by atoms with Gasteiger partial charge in [0.05, 0.1) is 77.3 Å². The van der Waals surface area contributed by atoms with Crippen LogP contribution in [-0.4, -0.2) is 161 Å². The first-order valence-corrected chi connectivity index (χ1v) is 33.2. The number of piperidine rings is 2. The van der Waals surface area contributed by atoms with Gasteiger partial charge in [-0.25, -0.2) is 19.1 Å². The second-order valence-electron chi connectivity index (χ2n) is 24.8. The topological polar surface area (TPSA) is 286 Å². The van der Waals surface area contributed by atoms with Crippen molar-refractivity contribution in [1.29, 1.82) is 5.26 Å². The minimum atomic E-state index is -0.813. The molecule has 5 aliphatic rings. The SMILES string of the molecule is CC(C)(C)OC(=O)N1Cc2nc(-c3c(F)cccc3C#N)cc(Cl)c2C1=O.O=C1CCN(c2ccn(Cc3ccccc3)n2)CC1.O=C1CCN(c2ccn(Cc3ccccc3)n2)CCN1.O=C1CCN(c2ccn[nH]2)CCN1.ON=C1CCN(c2ccn(Cc3ccccc3)n2)CC1. The highest BCUT2D eigenvalue weighted by molar-refractivity contribution is 6.35. The molecule has 4 saturated heterocycles. The van der Waals surface area contributed by atoms with Crippen LogP contribution >= 0.6 is 11.6 Å². The van der Waals surface area contributed by atoms with Gasteiger partial charge in [-0.2, -0.15) is 25.7 Å². The number of oxime groups is 1. The molecule has 0 aliphatic carbocycles. The molecule has 0 spiro atoms. The van der Waals surface area contributed by atoms with Gasteiger partial charge in [-0.3, -0.25) is 38.3 Å². The minimum absolute atomic E-state index is 0.00660. The van der Waals surface area contributed by atoms with E-state index in [1.807, 2.05) is 118 Å². The van der Waals surface area contributed by atoms with E-state index in [9.17, 15) is 33.6 Å². The standard InChI is InChI=1S/C19H15ClFN3O3.2C15H18N4O.C15H17N3O.C8H12N4O/c1-19(2,3)27-18(26)24-9-14-16(17(24)25)11(20)7-13(23-14)15-10(8-22)5-4-6-12(15)21;20-15-7-9-18(11-8-16-15)14-6-10-19(17-14)12-13-4-2-1-3-5-13;20-17-14-6-9-18(10-7-14)15-8-11-19(16-15)12-13-4-2-1-3-5-13;19-14-6-9-17(10-7-14)15-8-11-18(16-15)12-13-4-2-1-3-5-13;13-8-2-5-12(6-4-9-8)7-1-3-10-11-7/h4-7H,9H2,1-3H3;1-6,10H,7-9,11-12H2,(H,16,20);1-5,8,11,20H,6-7,9-10,12H2;1-5,8,11H,6-7,9-10,12H2;1,3H,2,4-6H2,(H,9,13)(H,10,11). The molecule has 4 N–H and O–H groups in total. The maximum Gasteiger partial charge on any atom is 0.417 e. The van der Waals surface area contributed by atoms with Gasteiger partial charge in [-0.1, -0.05) is 114 Å². The largest absolute Gasteiger partial charge is 0.443 e. The monoisotopic (exact) mass is 1360 g/mol. The summed E-state index contributed by atoms with van der Waals surface area (Å²) in [5.74, 6) is 3.25. The lowest BCUT2D eigenvalue weighted by molar-refractivity contribution is -0.121. The summed E-state index contributed by atoms with van der Waals surface area (Å²) in [6.45, 7) is 15.1. The Kier molecular flexibility index (Phi) is 24.3. The Morgan fingerprint density at radius 1 is 0.616 bits per heavy atom. The van der Waals surface area contributed by atoms with Crippen molar-refractivity contribution in [2.24, 2.45) is 5.16 Å². The Morgan fingerprint density at radius 2 is 1.09 bits per heavy atom. The third kappa shape index (κ3) is 20.2. The van der Waals surface area contributed by atoms with E-state index in [1.54, 1.807) is 27.0 Å². The molecular formula is C72H80ClFN18O7. The van der Waals surface area contributed by atoms with E-state index in [-0.39, 0.29) is 51.5 Å². The van der Waals surface area contributed by atoms with E-state index in [2.05, 4.69) is 102 Å². The summed E-state index contributed by atoms with van der Waals surface area (Å²) in [6, 6.07) is 46.2. The van der Waals surface area contributed by atoms with Crippen molar-refractivity contribution < 1.29 is 38.3 Å². The molecule has 10 heterocycles. The molecule has 27 heteroatoms. The zero-order valence-corrected chi connectivity index (χ0v) is 56.3. The van der Waals surface area contributed by atoms with Gasteiger partial charge >= 0.3 is 6.09 Å². The number of ketones is 1. The Hall–Kier alpha value is -11.2. The number of halogens is 2. The molecule has 5 aliphatic heterocycles. The van der Waals surface area contributed by atoms with E-state index in [4.69, 9.17) is 21.5 Å². The molecule has 0 radical (unpaired) electrons. The van der Waals surface area contributed by atoms with Crippen molar-refractivity contribution in [2.45, 2.75) is 91.1 Å². The maximum atomic E-state index is 14.3. The average molecular weight is 1360 g/mol. The summed E-state index contributed by atoms with van der Waals surface area (Å²) in [4.78, 5) is 72.3. The molecule has 514 valence electrons. The zero-order chi connectivity index (χ0) is 69.7. The Bertz CT molecular complexity index is 4230. The summed E-state index contributed by atoms with van der Waals surface area (Å²) in [5, 5.41) is 47.6. The number of amides is 4. The van der Waals surface area contributed by atoms with Crippen LogP contribution in [0.25, 0.3) is 11.3 Å². The lowest BCUT2D eigenvalue weighted by atomic mass is 10.0. The molecule has 0 unspecified atom stereocenters. The number of hydrogen-bond donors (Lipinski definition) is 4. The molecule has 5 aromatic heterocycles. The van der Waals surface area contributed by atoms with Gasteiger partial charge in [-0.15, -0.1) is 0 Å². The molecular weight excluding hydrogens is 1280 g/mol. The van der Waals surface area contributed by atoms with E-state index in [1.165, 1.54) is 41.0 Å². The van der Waals surface area contributed by atoms with Gasteiger partial charge in [0.15, 0.2) is 17.5 Å². The number of benzene rings is 4. The number of fused-ring (bicyclic) bond motifs is 1. The number of aromatic amines is 1. The number of carbonyl (C=O) groups excluding carboxylic acids is 5. The number of anilines is 4. The quantitative estimate of drug-likeness (QED) is 0.0692. The van der Waals surface area contributed by atoms with Crippen molar-refractivity contribution in [1.82, 2.24) is 60.1 Å². The number of imide groups is 1. The Balaban J connectivity index is 0.000000136. The number of nitriles is 1. The number of pyridine rings is 1. The molecule has 25 nitrogen and oxygen atoms in total. The second kappa shape index (κ2) is 34.1. The molecule has 9 aromatic rings. The number of ether oxygens (including phenoxy) is 1. The van der Waals surface area contributed by atoms with Crippen LogP contribution in [0.4, 0.5) is 32.5 Å². The Morgan fingerprint density at radius 3 is 1.57 bits per heavy atom. The Labute approximate surface area is 578 Å². The van der Waals surface area contributed by atoms with Crippen LogP contribution in [0.5, 0.6) is 0 Å². The van der Waals surface area contributed by atoms with E-state index >= 15 is 0 Å². The summed E-state index contributed by atoms with van der Waals surface area (Å²) < 4.78 is 25.4. The average Bonchev–Trinajstić information content (AvgIpc) is 1.67. The van der Waals surface area contributed by atoms with E-state index in [0.29, 0.717) is 44.6 Å². The number of nitrogens with zero attached hydrogens (tertiary/aromatic N) is 15. The van der Waals surface area contributed by atoms with Crippen LogP contribution in [0.15, 0.2) is 169 Å². The maximum absolute atomic E-state index is 14.3. The van der Waals surface area contributed by atoms with Crippen molar-refractivity contribution in [3.8, 4) is 17.3 Å². The zero-order valence-electron chi connectivity index (χ0n) is 55.6. The first kappa shape index (κ1) is 70.6. The van der Waals surface area contributed by atoms with Crippen LogP contribution in [0.2, 0.25) is 5.02 Å². The lowest BCUT2D eigenvalue weighted by Gasteiger charge is -2.26. The molecule has 14 rings (SSSR count). The molecule has 4 aromatic carbocycles. The first-order chi connectivity index (χ1) is 47.9. The van der Waals surface area contributed by atoms with Crippen molar-refractivity contribution in [3.05, 3.63) is 209 Å². The predicted octanol–water partition coefficient (Wildman–Crippen LogP) is 9.76. The fraction of sp³-hybridized carbons (Fsp3) is 0.333. The number of H-pyrrole nitrogens is 1. The fourth-order valence-corrected chi connectivity index (χ4v) is 11.7. The number of rotatable bonds is 11. The fourth-order valence-electron chi connectivity index (χ4n) is 11.4. The summed E-state index contributed by atoms with van der Waals surface area (Å²) in [7, 11) is 0. The first-order valence-electron chi connectivity index (χ1n) is 32.8. The van der Waals surface area contributed by atoms with Gasteiger partial charge in [0.1, 0.15) is 23.0 Å². The molecule has 4 fully saturated rings. The molecule has 0 atom stereocenters. The summed E-state index contributed by atoms with van der Waals surface area (Å²) in [6.07, 6.45) is 10.9. The lowest BCUT2D eigenvalue weighted by Crippen LogP contribution is -2.36. The number of Topliss-reactive ketones (excluding diaryl/α,β-unsaturated/α-hetero) is 1.